The topological polar surface area (TPSA) is 63.2 Å². The van der Waals surface area contributed by atoms with Crippen molar-refractivity contribution in [2.75, 3.05) is 18.5 Å². The summed E-state index contributed by atoms with van der Waals surface area (Å²) in [6.45, 7) is 3.22. The van der Waals surface area contributed by atoms with E-state index >= 15 is 0 Å². The molecule has 120 valence electrons. The molecule has 0 saturated carbocycles. The maximum Gasteiger partial charge on any atom is 0.245 e. The number of hydrogen-bond donors (Lipinski definition) is 2. The summed E-state index contributed by atoms with van der Waals surface area (Å²) in [5.74, 6) is -0.106. The van der Waals surface area contributed by atoms with Gasteiger partial charge in [0.1, 0.15) is 6.04 Å². The molecule has 1 fully saturated rings. The van der Waals surface area contributed by atoms with Crippen molar-refractivity contribution in [3.8, 4) is 0 Å². The van der Waals surface area contributed by atoms with Crippen LogP contribution in [0.5, 0.6) is 0 Å². The molecule has 0 unspecified atom stereocenters. The molecular weight excluding hydrogens is 310 g/mol. The van der Waals surface area contributed by atoms with Gasteiger partial charge in [0.05, 0.1) is 18.4 Å². The number of nitrogens with zero attached hydrogens (tertiary/aromatic N) is 1. The summed E-state index contributed by atoms with van der Waals surface area (Å²) < 4.78 is 5.49. The predicted molar refractivity (Wildman–Crippen MR) is 93.3 cm³/mol. The molecule has 1 aromatic heterocycles. The predicted octanol–water partition coefficient (Wildman–Crippen LogP) is 2.63. The highest BCUT2D eigenvalue weighted by Gasteiger charge is 2.28. The molecule has 23 heavy (non-hydrogen) atoms. The first kappa shape index (κ1) is 15.9. The highest BCUT2D eigenvalue weighted by molar-refractivity contribution is 7.14. The Labute approximate surface area is 139 Å². The van der Waals surface area contributed by atoms with E-state index in [0.29, 0.717) is 18.3 Å². The van der Waals surface area contributed by atoms with Crippen LogP contribution in [0.4, 0.5) is 5.13 Å². The van der Waals surface area contributed by atoms with Crippen molar-refractivity contribution in [3.05, 3.63) is 47.0 Å². The van der Waals surface area contributed by atoms with Gasteiger partial charge in [0.25, 0.3) is 0 Å². The summed E-state index contributed by atoms with van der Waals surface area (Å²) in [6.07, 6.45) is 3.80. The second kappa shape index (κ2) is 7.50. The zero-order chi connectivity index (χ0) is 16.1. The fourth-order valence-electron chi connectivity index (χ4n) is 2.38. The van der Waals surface area contributed by atoms with Crippen LogP contribution in [-0.4, -0.2) is 36.2 Å². The van der Waals surface area contributed by atoms with Gasteiger partial charge in [-0.2, -0.15) is 0 Å². The molecule has 2 aromatic rings. The largest absolute Gasteiger partial charge is 0.375 e. The number of benzene rings is 1. The van der Waals surface area contributed by atoms with Crippen molar-refractivity contribution in [1.29, 1.82) is 0 Å². The van der Waals surface area contributed by atoms with E-state index in [9.17, 15) is 4.79 Å². The summed E-state index contributed by atoms with van der Waals surface area (Å²) in [7, 11) is 0. The smallest absolute Gasteiger partial charge is 0.245 e. The number of hydrogen-bond acceptors (Lipinski definition) is 5. The number of amides is 1. The standard InChI is InChI=1S/C17H19N3O2S/c1-12-15(18-9-10-22-12)16(21)20-17-19-14(11-23-17)8-7-13-5-3-2-4-6-13/h2-8,11-12,15,18H,9-10H2,1H3,(H,19,20,21)/b8-7+/t12-,15+/m1/s1. The van der Waals surface area contributed by atoms with Crippen LogP contribution in [0.15, 0.2) is 35.7 Å². The van der Waals surface area contributed by atoms with Gasteiger partial charge < -0.3 is 15.4 Å². The van der Waals surface area contributed by atoms with Crippen LogP contribution in [0.25, 0.3) is 12.2 Å². The summed E-state index contributed by atoms with van der Waals surface area (Å²) in [4.78, 5) is 16.7. The van der Waals surface area contributed by atoms with Gasteiger partial charge in [-0.15, -0.1) is 11.3 Å². The van der Waals surface area contributed by atoms with Gasteiger partial charge in [0, 0.05) is 11.9 Å². The molecule has 5 nitrogen and oxygen atoms in total. The van der Waals surface area contributed by atoms with Crippen molar-refractivity contribution >= 4 is 34.5 Å². The number of ether oxygens (including phenoxy) is 1. The fourth-order valence-corrected chi connectivity index (χ4v) is 3.06. The van der Waals surface area contributed by atoms with Gasteiger partial charge in [0.15, 0.2) is 5.13 Å². The van der Waals surface area contributed by atoms with Gasteiger partial charge in [0.2, 0.25) is 5.91 Å². The second-order valence-corrected chi connectivity index (χ2v) is 6.18. The Balaban J connectivity index is 1.61. The first-order valence-corrected chi connectivity index (χ1v) is 8.45. The Bertz CT molecular complexity index is 684. The molecule has 3 rings (SSSR count). The van der Waals surface area contributed by atoms with Crippen LogP contribution in [0.3, 0.4) is 0 Å². The van der Waals surface area contributed by atoms with Crippen molar-refractivity contribution < 1.29 is 9.53 Å². The Kier molecular flexibility index (Phi) is 5.17. The van der Waals surface area contributed by atoms with Crippen LogP contribution >= 0.6 is 11.3 Å². The van der Waals surface area contributed by atoms with E-state index in [-0.39, 0.29) is 18.1 Å². The SMILES string of the molecule is C[C@H]1OCCN[C@@H]1C(=O)Nc1nc(/C=C/c2ccccc2)cs1. The van der Waals surface area contributed by atoms with E-state index < -0.39 is 0 Å². The van der Waals surface area contributed by atoms with Gasteiger partial charge in [-0.3, -0.25) is 4.79 Å². The molecule has 0 bridgehead atoms. The molecule has 6 heteroatoms. The van der Waals surface area contributed by atoms with E-state index in [1.54, 1.807) is 0 Å². The van der Waals surface area contributed by atoms with Crippen LogP contribution in [0, 0.1) is 0 Å². The second-order valence-electron chi connectivity index (χ2n) is 5.32. The number of carbonyl (C=O) groups is 1. The number of morpholine rings is 1. The van der Waals surface area contributed by atoms with E-state index in [0.717, 1.165) is 11.3 Å². The van der Waals surface area contributed by atoms with E-state index in [2.05, 4.69) is 15.6 Å². The maximum absolute atomic E-state index is 12.3. The molecule has 1 aromatic carbocycles. The molecule has 1 aliphatic heterocycles. The molecule has 0 spiro atoms. The van der Waals surface area contributed by atoms with Crippen molar-refractivity contribution in [2.24, 2.45) is 0 Å². The first-order chi connectivity index (χ1) is 11.2. The van der Waals surface area contributed by atoms with Crippen LogP contribution in [-0.2, 0) is 9.53 Å². The number of rotatable bonds is 4. The van der Waals surface area contributed by atoms with E-state index in [1.807, 2.05) is 54.8 Å². The molecule has 2 atom stereocenters. The maximum atomic E-state index is 12.3. The average Bonchev–Trinajstić information content (AvgIpc) is 3.02. The molecule has 2 N–H and O–H groups in total. The minimum atomic E-state index is -0.337. The van der Waals surface area contributed by atoms with Crippen LogP contribution < -0.4 is 10.6 Å². The molecule has 1 saturated heterocycles. The third-order valence-corrected chi connectivity index (χ3v) is 4.37. The fraction of sp³-hybridized carbons (Fsp3) is 0.294. The Morgan fingerprint density at radius 1 is 1.39 bits per heavy atom. The zero-order valence-corrected chi connectivity index (χ0v) is 13.7. The lowest BCUT2D eigenvalue weighted by molar-refractivity contribution is -0.123. The molecule has 1 aliphatic rings. The number of thiazole rings is 1. The quantitative estimate of drug-likeness (QED) is 0.905. The summed E-state index contributed by atoms with van der Waals surface area (Å²) >= 11 is 1.42. The minimum Gasteiger partial charge on any atom is -0.375 e. The zero-order valence-electron chi connectivity index (χ0n) is 12.9. The van der Waals surface area contributed by atoms with Gasteiger partial charge >= 0.3 is 0 Å². The lowest BCUT2D eigenvalue weighted by Gasteiger charge is -2.28. The van der Waals surface area contributed by atoms with Crippen LogP contribution in [0.1, 0.15) is 18.2 Å². The Morgan fingerprint density at radius 2 is 2.22 bits per heavy atom. The number of anilines is 1. The third kappa shape index (κ3) is 4.25. The normalized spacial score (nSPS) is 21.4. The van der Waals surface area contributed by atoms with Crippen molar-refractivity contribution in [3.63, 3.8) is 0 Å². The van der Waals surface area contributed by atoms with E-state index in [1.165, 1.54) is 11.3 Å². The first-order valence-electron chi connectivity index (χ1n) is 7.57. The lowest BCUT2D eigenvalue weighted by Crippen LogP contribution is -2.53. The summed E-state index contributed by atoms with van der Waals surface area (Å²) in [5.41, 5.74) is 1.94. The molecule has 2 heterocycles. The molecule has 0 radical (unpaired) electrons. The van der Waals surface area contributed by atoms with Gasteiger partial charge in [-0.1, -0.05) is 36.4 Å². The average molecular weight is 329 g/mol. The summed E-state index contributed by atoms with van der Waals surface area (Å²) in [6, 6.07) is 9.69. The third-order valence-electron chi connectivity index (χ3n) is 3.60. The Morgan fingerprint density at radius 3 is 3.00 bits per heavy atom. The molecule has 0 aliphatic carbocycles. The molecular formula is C17H19N3O2S. The van der Waals surface area contributed by atoms with Gasteiger partial charge in [-0.05, 0) is 18.6 Å². The van der Waals surface area contributed by atoms with Crippen molar-refractivity contribution in [1.82, 2.24) is 10.3 Å². The number of carbonyl (C=O) groups excluding carboxylic acids is 1. The van der Waals surface area contributed by atoms with Gasteiger partial charge in [-0.25, -0.2) is 4.98 Å². The highest BCUT2D eigenvalue weighted by Crippen LogP contribution is 2.18. The highest BCUT2D eigenvalue weighted by atomic mass is 32.1. The lowest BCUT2D eigenvalue weighted by atomic mass is 10.1. The Hall–Kier alpha value is -2.02. The monoisotopic (exact) mass is 329 g/mol. The van der Waals surface area contributed by atoms with E-state index in [4.69, 9.17) is 4.74 Å². The van der Waals surface area contributed by atoms with Crippen molar-refractivity contribution in [2.45, 2.75) is 19.1 Å². The number of nitrogens with one attached hydrogen (secondary N) is 2. The summed E-state index contributed by atoms with van der Waals surface area (Å²) in [5, 5.41) is 8.54. The molecule has 1 amide bonds. The minimum absolute atomic E-state index is 0.106. The number of aromatic nitrogens is 1. The van der Waals surface area contributed by atoms with Crippen LogP contribution in [0.2, 0.25) is 0 Å².